The van der Waals surface area contributed by atoms with Crippen LogP contribution in [0.1, 0.15) is 77.2 Å². The standard InChI is InChI=1S/C28H39N3O2/c1-17-4-9-25-24(14-17)29-30-31(25)16-26(32)23-8-7-22-21-6-5-18-15-27(2,33)12-10-19(18)20(21)11-13-28(22,23)3/h4,9,14,18-23,33H,5-8,10-13,15-16H2,1-3H3. The summed E-state index contributed by atoms with van der Waals surface area (Å²) in [6.45, 7) is 6.88. The van der Waals surface area contributed by atoms with Gasteiger partial charge in [0.05, 0.1) is 11.1 Å². The number of Topliss-reactive ketones (excluding diaryl/α,β-unsaturated/α-hetero) is 1. The number of ketones is 1. The zero-order valence-electron chi connectivity index (χ0n) is 20.5. The second kappa shape index (κ2) is 7.63. The van der Waals surface area contributed by atoms with Crippen molar-refractivity contribution < 1.29 is 9.90 Å². The van der Waals surface area contributed by atoms with E-state index in [1.54, 1.807) is 0 Å². The van der Waals surface area contributed by atoms with Crippen LogP contribution in [0.25, 0.3) is 11.0 Å². The lowest BCUT2D eigenvalue weighted by molar-refractivity contribution is -0.133. The van der Waals surface area contributed by atoms with Crippen LogP contribution in [0.2, 0.25) is 0 Å². The molecule has 6 rings (SSSR count). The number of aryl methyl sites for hydroxylation is 1. The molecule has 4 fully saturated rings. The van der Waals surface area contributed by atoms with E-state index in [9.17, 15) is 9.90 Å². The SMILES string of the molecule is Cc1ccc2c(c1)nnn2CC(=O)C1CCC2C3CCC4CC(C)(O)CCC4C3CCC12C. The molecule has 5 nitrogen and oxygen atoms in total. The fourth-order valence-electron chi connectivity index (χ4n) is 9.07. The Balaban J connectivity index is 1.19. The molecule has 4 saturated carbocycles. The second-order valence-electron chi connectivity index (χ2n) is 12.6. The minimum atomic E-state index is -0.452. The van der Waals surface area contributed by atoms with Gasteiger partial charge in [0.25, 0.3) is 0 Å². The van der Waals surface area contributed by atoms with Gasteiger partial charge in [-0.05, 0) is 124 Å². The molecule has 0 spiro atoms. The van der Waals surface area contributed by atoms with Gasteiger partial charge in [-0.3, -0.25) is 4.79 Å². The quantitative estimate of drug-likeness (QED) is 0.688. The van der Waals surface area contributed by atoms with Crippen molar-refractivity contribution >= 4 is 16.8 Å². The summed E-state index contributed by atoms with van der Waals surface area (Å²) < 4.78 is 1.82. The number of hydrogen-bond acceptors (Lipinski definition) is 4. The summed E-state index contributed by atoms with van der Waals surface area (Å²) in [6, 6.07) is 6.16. The van der Waals surface area contributed by atoms with E-state index >= 15 is 0 Å². The van der Waals surface area contributed by atoms with Gasteiger partial charge in [0.15, 0.2) is 5.78 Å². The minimum absolute atomic E-state index is 0.137. The number of hydrogen-bond donors (Lipinski definition) is 1. The predicted octanol–water partition coefficient (Wildman–Crippen LogP) is 5.33. The molecule has 1 aromatic heterocycles. The summed E-state index contributed by atoms with van der Waals surface area (Å²) in [7, 11) is 0. The van der Waals surface area contributed by atoms with Crippen molar-refractivity contribution in [1.82, 2.24) is 15.0 Å². The van der Waals surface area contributed by atoms with Gasteiger partial charge in [-0.2, -0.15) is 0 Å². The van der Waals surface area contributed by atoms with Gasteiger partial charge in [-0.1, -0.05) is 18.2 Å². The fraction of sp³-hybridized carbons (Fsp3) is 0.750. The Morgan fingerprint density at radius 1 is 1.06 bits per heavy atom. The average Bonchev–Trinajstić information content (AvgIpc) is 3.32. The smallest absolute Gasteiger partial charge is 0.157 e. The van der Waals surface area contributed by atoms with Gasteiger partial charge in [0.2, 0.25) is 0 Å². The van der Waals surface area contributed by atoms with E-state index in [1.807, 2.05) is 23.7 Å². The maximum Gasteiger partial charge on any atom is 0.157 e. The first kappa shape index (κ1) is 21.8. The van der Waals surface area contributed by atoms with Crippen molar-refractivity contribution in [3.63, 3.8) is 0 Å². The molecule has 1 aromatic carbocycles. The number of carbonyl (C=O) groups is 1. The van der Waals surface area contributed by atoms with Crippen LogP contribution in [-0.2, 0) is 11.3 Å². The van der Waals surface area contributed by atoms with E-state index in [0.29, 0.717) is 24.2 Å². The third kappa shape index (κ3) is 3.48. The maximum atomic E-state index is 13.6. The van der Waals surface area contributed by atoms with Gasteiger partial charge in [-0.25, -0.2) is 4.68 Å². The minimum Gasteiger partial charge on any atom is -0.390 e. The first-order valence-electron chi connectivity index (χ1n) is 13.3. The fourth-order valence-corrected chi connectivity index (χ4v) is 9.07. The predicted molar refractivity (Wildman–Crippen MR) is 128 cm³/mol. The van der Waals surface area contributed by atoms with Crippen LogP contribution in [0.4, 0.5) is 0 Å². The van der Waals surface area contributed by atoms with Crippen molar-refractivity contribution in [2.24, 2.45) is 40.9 Å². The molecule has 1 heterocycles. The van der Waals surface area contributed by atoms with Crippen molar-refractivity contribution in [3.05, 3.63) is 23.8 Å². The molecular weight excluding hydrogens is 410 g/mol. The zero-order chi connectivity index (χ0) is 23.0. The summed E-state index contributed by atoms with van der Waals surface area (Å²) in [4.78, 5) is 13.6. The third-order valence-corrected chi connectivity index (χ3v) is 10.6. The molecule has 0 bridgehead atoms. The molecule has 178 valence electrons. The van der Waals surface area contributed by atoms with Crippen LogP contribution in [0.5, 0.6) is 0 Å². The monoisotopic (exact) mass is 449 g/mol. The molecule has 0 amide bonds. The topological polar surface area (TPSA) is 68.0 Å². The second-order valence-corrected chi connectivity index (χ2v) is 12.6. The summed E-state index contributed by atoms with van der Waals surface area (Å²) in [5.74, 6) is 4.29. The zero-order valence-corrected chi connectivity index (χ0v) is 20.5. The molecule has 5 heteroatoms. The third-order valence-electron chi connectivity index (χ3n) is 10.6. The Morgan fingerprint density at radius 3 is 2.73 bits per heavy atom. The van der Waals surface area contributed by atoms with Crippen molar-refractivity contribution in [1.29, 1.82) is 0 Å². The van der Waals surface area contributed by atoms with Gasteiger partial charge < -0.3 is 5.11 Å². The highest BCUT2D eigenvalue weighted by Crippen LogP contribution is 2.64. The van der Waals surface area contributed by atoms with E-state index in [-0.39, 0.29) is 11.3 Å². The number of aliphatic hydroxyl groups is 1. The Labute approximate surface area is 197 Å². The van der Waals surface area contributed by atoms with Gasteiger partial charge in [0, 0.05) is 5.92 Å². The lowest BCUT2D eigenvalue weighted by Gasteiger charge is -2.56. The molecule has 2 aromatic rings. The van der Waals surface area contributed by atoms with Crippen LogP contribution in [0.15, 0.2) is 18.2 Å². The Hall–Kier alpha value is -1.75. The number of rotatable bonds is 3. The van der Waals surface area contributed by atoms with Crippen molar-refractivity contribution in [2.45, 2.75) is 90.7 Å². The highest BCUT2D eigenvalue weighted by Gasteiger charge is 2.58. The first-order chi connectivity index (χ1) is 15.7. The largest absolute Gasteiger partial charge is 0.390 e. The normalized spacial score (nSPS) is 42.5. The summed E-state index contributed by atoms with van der Waals surface area (Å²) in [5, 5.41) is 19.3. The first-order valence-corrected chi connectivity index (χ1v) is 13.3. The van der Waals surface area contributed by atoms with E-state index < -0.39 is 5.60 Å². The molecule has 33 heavy (non-hydrogen) atoms. The van der Waals surface area contributed by atoms with Crippen LogP contribution in [0, 0.1) is 47.8 Å². The van der Waals surface area contributed by atoms with E-state index in [2.05, 4.69) is 30.2 Å². The van der Waals surface area contributed by atoms with E-state index in [4.69, 9.17) is 0 Å². The Bertz CT molecular complexity index is 1070. The van der Waals surface area contributed by atoms with Gasteiger partial charge in [0.1, 0.15) is 12.1 Å². The summed E-state index contributed by atoms with van der Waals surface area (Å²) in [6.07, 6.45) is 10.4. The molecule has 8 unspecified atom stereocenters. The molecule has 8 atom stereocenters. The van der Waals surface area contributed by atoms with Crippen molar-refractivity contribution in [2.75, 3.05) is 0 Å². The molecule has 4 aliphatic rings. The van der Waals surface area contributed by atoms with E-state index in [1.165, 1.54) is 44.1 Å². The molecule has 0 aliphatic heterocycles. The average molecular weight is 450 g/mol. The van der Waals surface area contributed by atoms with Gasteiger partial charge in [-0.15, -0.1) is 5.10 Å². The molecule has 1 N–H and O–H groups in total. The number of carbonyl (C=O) groups excluding carboxylic acids is 1. The lowest BCUT2D eigenvalue weighted by Crippen LogP contribution is -2.51. The number of aromatic nitrogens is 3. The van der Waals surface area contributed by atoms with Crippen LogP contribution >= 0.6 is 0 Å². The maximum absolute atomic E-state index is 13.6. The van der Waals surface area contributed by atoms with Crippen molar-refractivity contribution in [3.8, 4) is 0 Å². The number of nitrogens with zero attached hydrogens (tertiary/aromatic N) is 3. The molecule has 0 saturated heterocycles. The lowest BCUT2D eigenvalue weighted by atomic mass is 9.49. The molecule has 0 radical (unpaired) electrons. The van der Waals surface area contributed by atoms with Crippen LogP contribution in [-0.4, -0.2) is 31.5 Å². The Kier molecular flexibility index (Phi) is 5.03. The van der Waals surface area contributed by atoms with Crippen LogP contribution < -0.4 is 0 Å². The van der Waals surface area contributed by atoms with E-state index in [0.717, 1.165) is 48.0 Å². The Morgan fingerprint density at radius 2 is 1.88 bits per heavy atom. The van der Waals surface area contributed by atoms with Gasteiger partial charge >= 0.3 is 0 Å². The summed E-state index contributed by atoms with van der Waals surface area (Å²) >= 11 is 0. The number of fused-ring (bicyclic) bond motifs is 6. The number of benzene rings is 1. The highest BCUT2D eigenvalue weighted by atomic mass is 16.3. The van der Waals surface area contributed by atoms with Crippen LogP contribution in [0.3, 0.4) is 0 Å². The molecule has 4 aliphatic carbocycles. The highest BCUT2D eigenvalue weighted by molar-refractivity contribution is 5.84. The molecular formula is C28H39N3O2. The summed E-state index contributed by atoms with van der Waals surface area (Å²) in [5.41, 5.74) is 2.69.